The Morgan fingerprint density at radius 2 is 1.90 bits per heavy atom. The van der Waals surface area contributed by atoms with E-state index in [1.807, 2.05) is 11.3 Å². The summed E-state index contributed by atoms with van der Waals surface area (Å²) < 4.78 is 0. The van der Waals surface area contributed by atoms with Crippen LogP contribution in [0.25, 0.3) is 0 Å². The van der Waals surface area contributed by atoms with E-state index < -0.39 is 0 Å². The van der Waals surface area contributed by atoms with Crippen LogP contribution >= 0.6 is 11.3 Å². The molecule has 1 aliphatic rings. The van der Waals surface area contributed by atoms with Crippen LogP contribution in [0.4, 0.5) is 0 Å². The van der Waals surface area contributed by atoms with Crippen molar-refractivity contribution < 1.29 is 0 Å². The van der Waals surface area contributed by atoms with Gasteiger partial charge in [0.2, 0.25) is 0 Å². The Labute approximate surface area is 125 Å². The van der Waals surface area contributed by atoms with E-state index in [0.29, 0.717) is 0 Å². The number of hydrogen-bond donors (Lipinski definition) is 1. The van der Waals surface area contributed by atoms with Crippen LogP contribution in [-0.2, 0) is 26.1 Å². The maximum Gasteiger partial charge on any atom is 0.0331 e. The van der Waals surface area contributed by atoms with Crippen molar-refractivity contribution >= 4 is 11.3 Å². The van der Waals surface area contributed by atoms with E-state index in [1.54, 1.807) is 0 Å². The fourth-order valence-corrected chi connectivity index (χ4v) is 3.79. The first-order valence-electron chi connectivity index (χ1n) is 7.42. The molecule has 0 atom stereocenters. The van der Waals surface area contributed by atoms with Gasteiger partial charge in [-0.3, -0.25) is 4.90 Å². The molecule has 1 N–H and O–H groups in total. The molecule has 2 nitrogen and oxygen atoms in total. The lowest BCUT2D eigenvalue weighted by Crippen LogP contribution is -2.29. The molecule has 0 saturated heterocycles. The van der Waals surface area contributed by atoms with E-state index in [0.717, 1.165) is 26.2 Å². The lowest BCUT2D eigenvalue weighted by atomic mass is 10.00. The van der Waals surface area contributed by atoms with Crippen molar-refractivity contribution in [2.24, 2.45) is 0 Å². The van der Waals surface area contributed by atoms with Crippen LogP contribution in [0.3, 0.4) is 0 Å². The largest absolute Gasteiger partial charge is 0.312 e. The number of nitrogens with one attached hydrogen (secondary N) is 1. The lowest BCUT2D eigenvalue weighted by molar-refractivity contribution is 0.248. The molecule has 2 heterocycles. The molecule has 0 fully saturated rings. The second-order valence-electron chi connectivity index (χ2n) is 5.38. The van der Waals surface area contributed by atoms with Crippen molar-refractivity contribution in [3.05, 3.63) is 57.3 Å². The minimum absolute atomic E-state index is 1.00. The van der Waals surface area contributed by atoms with Crippen molar-refractivity contribution in [1.82, 2.24) is 10.2 Å². The van der Waals surface area contributed by atoms with Crippen molar-refractivity contribution in [2.75, 3.05) is 13.1 Å². The Kier molecular flexibility index (Phi) is 4.51. The summed E-state index contributed by atoms with van der Waals surface area (Å²) in [5, 5.41) is 3.39. The minimum Gasteiger partial charge on any atom is -0.312 e. The highest BCUT2D eigenvalue weighted by molar-refractivity contribution is 7.11. The monoisotopic (exact) mass is 286 g/mol. The summed E-state index contributed by atoms with van der Waals surface area (Å²) in [6.45, 7) is 7.55. The van der Waals surface area contributed by atoms with Gasteiger partial charge in [0, 0.05) is 35.9 Å². The number of nitrogens with zero attached hydrogens (tertiary/aromatic N) is 1. The molecule has 0 aliphatic carbocycles. The third-order valence-corrected chi connectivity index (χ3v) is 4.93. The minimum atomic E-state index is 1.00. The second-order valence-corrected chi connectivity index (χ2v) is 6.63. The van der Waals surface area contributed by atoms with Gasteiger partial charge < -0.3 is 5.32 Å². The summed E-state index contributed by atoms with van der Waals surface area (Å²) in [4.78, 5) is 5.49. The molecule has 3 rings (SSSR count). The zero-order chi connectivity index (χ0) is 13.8. The number of rotatable bonds is 5. The topological polar surface area (TPSA) is 15.3 Å². The van der Waals surface area contributed by atoms with Crippen LogP contribution in [0.2, 0.25) is 0 Å². The molecule has 1 aromatic carbocycles. The molecule has 1 aliphatic heterocycles. The average Bonchev–Trinajstić information content (AvgIpc) is 2.92. The highest BCUT2D eigenvalue weighted by atomic mass is 32.1. The van der Waals surface area contributed by atoms with Crippen LogP contribution in [0, 0.1) is 0 Å². The van der Waals surface area contributed by atoms with Crippen LogP contribution in [-0.4, -0.2) is 18.0 Å². The van der Waals surface area contributed by atoms with Crippen LogP contribution in [0.15, 0.2) is 36.4 Å². The Morgan fingerprint density at radius 3 is 2.75 bits per heavy atom. The molecule has 0 amide bonds. The Balaban J connectivity index is 1.60. The summed E-state index contributed by atoms with van der Waals surface area (Å²) in [7, 11) is 0. The highest BCUT2D eigenvalue weighted by Gasteiger charge is 2.16. The van der Waals surface area contributed by atoms with Crippen LogP contribution in [0.1, 0.15) is 27.8 Å². The number of fused-ring (bicyclic) bond motifs is 1. The first kappa shape index (κ1) is 13.8. The molecule has 0 bridgehead atoms. The molecule has 106 valence electrons. The van der Waals surface area contributed by atoms with Gasteiger partial charge in [-0.1, -0.05) is 31.2 Å². The van der Waals surface area contributed by atoms with Crippen LogP contribution in [0.5, 0.6) is 0 Å². The normalized spacial score (nSPS) is 15.2. The van der Waals surface area contributed by atoms with Crippen molar-refractivity contribution in [3.8, 4) is 0 Å². The predicted octanol–water partition coefficient (Wildman–Crippen LogP) is 3.42. The molecule has 0 radical (unpaired) electrons. The highest BCUT2D eigenvalue weighted by Crippen LogP contribution is 2.23. The van der Waals surface area contributed by atoms with Gasteiger partial charge in [0.05, 0.1) is 0 Å². The van der Waals surface area contributed by atoms with Gasteiger partial charge in [-0.05, 0) is 36.2 Å². The van der Waals surface area contributed by atoms with Gasteiger partial charge in [-0.15, -0.1) is 11.3 Å². The number of thiophene rings is 1. The first-order chi connectivity index (χ1) is 9.85. The fourth-order valence-electron chi connectivity index (χ4n) is 2.76. The summed E-state index contributed by atoms with van der Waals surface area (Å²) >= 11 is 1.94. The average molecular weight is 286 g/mol. The van der Waals surface area contributed by atoms with Gasteiger partial charge in [0.1, 0.15) is 0 Å². The molecule has 20 heavy (non-hydrogen) atoms. The number of hydrogen-bond acceptors (Lipinski definition) is 3. The summed E-state index contributed by atoms with van der Waals surface area (Å²) in [5.41, 5.74) is 3.03. The zero-order valence-electron chi connectivity index (χ0n) is 12.1. The van der Waals surface area contributed by atoms with Crippen LogP contribution < -0.4 is 5.32 Å². The first-order valence-corrected chi connectivity index (χ1v) is 8.24. The van der Waals surface area contributed by atoms with E-state index in [9.17, 15) is 0 Å². The maximum atomic E-state index is 3.39. The molecule has 1 aromatic heterocycles. The summed E-state index contributed by atoms with van der Waals surface area (Å²) in [6.07, 6.45) is 1.19. The van der Waals surface area contributed by atoms with E-state index in [4.69, 9.17) is 0 Å². The maximum absolute atomic E-state index is 3.39. The van der Waals surface area contributed by atoms with E-state index in [1.165, 1.54) is 33.8 Å². The summed E-state index contributed by atoms with van der Waals surface area (Å²) in [6, 6.07) is 13.4. The van der Waals surface area contributed by atoms with E-state index >= 15 is 0 Å². The van der Waals surface area contributed by atoms with Gasteiger partial charge in [-0.2, -0.15) is 0 Å². The van der Waals surface area contributed by atoms with Gasteiger partial charge >= 0.3 is 0 Å². The van der Waals surface area contributed by atoms with E-state index in [-0.39, 0.29) is 0 Å². The predicted molar refractivity (Wildman–Crippen MR) is 86.0 cm³/mol. The molecule has 0 spiro atoms. The number of benzene rings is 1. The third kappa shape index (κ3) is 3.29. The molecule has 0 saturated carbocycles. The van der Waals surface area contributed by atoms with E-state index in [2.05, 4.69) is 53.5 Å². The van der Waals surface area contributed by atoms with Crippen molar-refractivity contribution in [1.29, 1.82) is 0 Å². The summed E-state index contributed by atoms with van der Waals surface area (Å²) in [5.74, 6) is 0. The Morgan fingerprint density at radius 1 is 1.10 bits per heavy atom. The molecule has 0 unspecified atom stereocenters. The molecule has 2 aromatic rings. The smallest absolute Gasteiger partial charge is 0.0331 e. The van der Waals surface area contributed by atoms with Gasteiger partial charge in [-0.25, -0.2) is 0 Å². The lowest BCUT2D eigenvalue weighted by Gasteiger charge is -2.28. The van der Waals surface area contributed by atoms with Gasteiger partial charge in [0.25, 0.3) is 0 Å². The fraction of sp³-hybridized carbons (Fsp3) is 0.412. The van der Waals surface area contributed by atoms with Crippen molar-refractivity contribution in [3.63, 3.8) is 0 Å². The molecular formula is C17H22N2S. The molecule has 3 heteroatoms. The second kappa shape index (κ2) is 6.53. The third-order valence-electron chi connectivity index (χ3n) is 3.86. The SMILES string of the molecule is CCNCc1ccc(CN2CCc3ccccc3C2)s1. The Bertz CT molecular complexity index is 562. The zero-order valence-corrected chi connectivity index (χ0v) is 12.9. The Hall–Kier alpha value is -1.16. The quantitative estimate of drug-likeness (QED) is 0.906. The van der Waals surface area contributed by atoms with Crippen molar-refractivity contribution in [2.45, 2.75) is 33.0 Å². The standard InChI is InChI=1S/C17H22N2S/c1-2-18-11-16-7-8-17(20-16)13-19-10-9-14-5-3-4-6-15(14)12-19/h3-8,18H,2,9-13H2,1H3. The van der Waals surface area contributed by atoms with Gasteiger partial charge in [0.15, 0.2) is 0 Å². The molecular weight excluding hydrogens is 264 g/mol.